The second-order valence-corrected chi connectivity index (χ2v) is 6.29. The predicted molar refractivity (Wildman–Crippen MR) is 79.3 cm³/mol. The molecule has 1 unspecified atom stereocenters. The predicted octanol–water partition coefficient (Wildman–Crippen LogP) is 3.77. The summed E-state index contributed by atoms with van der Waals surface area (Å²) in [4.78, 5) is 0. The SMILES string of the molecule is COc1cc(CC2CCCNC2)cc(Cl)c1C1CC1. The van der Waals surface area contributed by atoms with Gasteiger partial charge in [-0.1, -0.05) is 11.6 Å². The molecule has 1 heterocycles. The molecule has 1 atom stereocenters. The summed E-state index contributed by atoms with van der Waals surface area (Å²) >= 11 is 6.47. The van der Waals surface area contributed by atoms with Gasteiger partial charge in [0.25, 0.3) is 0 Å². The second-order valence-electron chi connectivity index (χ2n) is 5.88. The number of hydrogen-bond donors (Lipinski definition) is 1. The summed E-state index contributed by atoms with van der Waals surface area (Å²) in [7, 11) is 1.75. The molecule has 1 N–H and O–H groups in total. The lowest BCUT2D eigenvalue weighted by molar-refractivity contribution is 0.374. The summed E-state index contributed by atoms with van der Waals surface area (Å²) in [5.41, 5.74) is 2.55. The van der Waals surface area contributed by atoms with Gasteiger partial charge in [-0.3, -0.25) is 0 Å². The van der Waals surface area contributed by atoms with Gasteiger partial charge in [0.1, 0.15) is 5.75 Å². The highest BCUT2D eigenvalue weighted by atomic mass is 35.5. The van der Waals surface area contributed by atoms with E-state index in [9.17, 15) is 0 Å². The summed E-state index contributed by atoms with van der Waals surface area (Å²) in [6, 6.07) is 4.36. The van der Waals surface area contributed by atoms with Crippen molar-refractivity contribution in [1.82, 2.24) is 5.32 Å². The maximum Gasteiger partial charge on any atom is 0.124 e. The third kappa shape index (κ3) is 3.06. The van der Waals surface area contributed by atoms with E-state index in [0.717, 1.165) is 29.7 Å². The molecule has 2 aliphatic rings. The van der Waals surface area contributed by atoms with Gasteiger partial charge >= 0.3 is 0 Å². The Morgan fingerprint density at radius 2 is 2.16 bits per heavy atom. The second kappa shape index (κ2) is 5.72. The quantitative estimate of drug-likeness (QED) is 0.906. The Kier molecular flexibility index (Phi) is 3.99. The average Bonchev–Trinajstić information content (AvgIpc) is 3.23. The molecule has 1 saturated heterocycles. The van der Waals surface area contributed by atoms with Crippen molar-refractivity contribution >= 4 is 11.6 Å². The number of nitrogens with one attached hydrogen (secondary N) is 1. The van der Waals surface area contributed by atoms with Crippen LogP contribution in [0.4, 0.5) is 0 Å². The molecule has 19 heavy (non-hydrogen) atoms. The van der Waals surface area contributed by atoms with Crippen LogP contribution in [0.3, 0.4) is 0 Å². The van der Waals surface area contributed by atoms with Gasteiger partial charge in [-0.25, -0.2) is 0 Å². The standard InChI is InChI=1S/C16H22ClNO/c1-19-15-9-12(7-11-3-2-6-18-10-11)8-14(17)16(15)13-4-5-13/h8-9,11,13,18H,2-7,10H2,1H3. The first kappa shape index (κ1) is 13.3. The summed E-state index contributed by atoms with van der Waals surface area (Å²) in [6.07, 6.45) is 6.21. The zero-order chi connectivity index (χ0) is 13.2. The van der Waals surface area contributed by atoms with Gasteiger partial charge in [0.2, 0.25) is 0 Å². The highest BCUT2D eigenvalue weighted by Gasteiger charge is 2.29. The topological polar surface area (TPSA) is 21.3 Å². The van der Waals surface area contributed by atoms with Crippen LogP contribution in [0.5, 0.6) is 5.75 Å². The zero-order valence-corrected chi connectivity index (χ0v) is 12.3. The Morgan fingerprint density at radius 3 is 2.79 bits per heavy atom. The zero-order valence-electron chi connectivity index (χ0n) is 11.5. The van der Waals surface area contributed by atoms with E-state index in [1.165, 1.54) is 43.4 Å². The molecule has 0 spiro atoms. The van der Waals surface area contributed by atoms with E-state index in [2.05, 4.69) is 17.4 Å². The van der Waals surface area contributed by atoms with E-state index in [4.69, 9.17) is 16.3 Å². The first-order chi connectivity index (χ1) is 9.28. The molecule has 0 radical (unpaired) electrons. The van der Waals surface area contributed by atoms with Gasteiger partial charge in [-0.2, -0.15) is 0 Å². The minimum absolute atomic E-state index is 0.632. The molecule has 3 heteroatoms. The van der Waals surface area contributed by atoms with Crippen LogP contribution < -0.4 is 10.1 Å². The van der Waals surface area contributed by atoms with E-state index in [1.807, 2.05) is 0 Å². The Morgan fingerprint density at radius 1 is 1.32 bits per heavy atom. The lowest BCUT2D eigenvalue weighted by Gasteiger charge is -2.23. The van der Waals surface area contributed by atoms with Crippen molar-refractivity contribution in [3.63, 3.8) is 0 Å². The van der Waals surface area contributed by atoms with E-state index < -0.39 is 0 Å². The number of rotatable bonds is 4. The fourth-order valence-electron chi connectivity index (χ4n) is 3.13. The first-order valence-corrected chi connectivity index (χ1v) is 7.72. The minimum atomic E-state index is 0.632. The number of ether oxygens (including phenoxy) is 1. The first-order valence-electron chi connectivity index (χ1n) is 7.35. The number of piperidine rings is 1. The number of hydrogen-bond acceptors (Lipinski definition) is 2. The molecule has 0 bridgehead atoms. The highest BCUT2D eigenvalue weighted by Crippen LogP contribution is 2.48. The van der Waals surface area contributed by atoms with Gasteiger partial charge in [0, 0.05) is 10.6 Å². The molecule has 1 saturated carbocycles. The van der Waals surface area contributed by atoms with Crippen molar-refractivity contribution in [2.75, 3.05) is 20.2 Å². The molecule has 3 rings (SSSR count). The van der Waals surface area contributed by atoms with Crippen molar-refractivity contribution in [3.05, 3.63) is 28.3 Å². The Bertz CT molecular complexity index is 450. The maximum absolute atomic E-state index is 6.47. The van der Waals surface area contributed by atoms with Crippen LogP contribution >= 0.6 is 11.6 Å². The van der Waals surface area contributed by atoms with E-state index in [0.29, 0.717) is 5.92 Å². The van der Waals surface area contributed by atoms with Gasteiger partial charge in [0.05, 0.1) is 7.11 Å². The van der Waals surface area contributed by atoms with Crippen LogP contribution in [-0.4, -0.2) is 20.2 Å². The summed E-state index contributed by atoms with van der Waals surface area (Å²) in [5.74, 6) is 2.36. The van der Waals surface area contributed by atoms with Crippen molar-refractivity contribution < 1.29 is 4.74 Å². The Labute approximate surface area is 120 Å². The Hall–Kier alpha value is -0.730. The van der Waals surface area contributed by atoms with Crippen LogP contribution in [-0.2, 0) is 6.42 Å². The molecule has 1 aliphatic carbocycles. The lowest BCUT2D eigenvalue weighted by Crippen LogP contribution is -2.30. The largest absolute Gasteiger partial charge is 0.496 e. The third-order valence-electron chi connectivity index (χ3n) is 4.28. The van der Waals surface area contributed by atoms with Crippen molar-refractivity contribution in [3.8, 4) is 5.75 Å². The minimum Gasteiger partial charge on any atom is -0.496 e. The van der Waals surface area contributed by atoms with Crippen molar-refractivity contribution in [2.24, 2.45) is 5.92 Å². The van der Waals surface area contributed by atoms with Crippen LogP contribution in [0.25, 0.3) is 0 Å². The molecule has 2 fully saturated rings. The molecule has 0 amide bonds. The lowest BCUT2D eigenvalue weighted by atomic mass is 9.91. The summed E-state index contributed by atoms with van der Waals surface area (Å²) in [6.45, 7) is 2.30. The monoisotopic (exact) mass is 279 g/mol. The van der Waals surface area contributed by atoms with Crippen LogP contribution in [0.2, 0.25) is 5.02 Å². The fourth-order valence-corrected chi connectivity index (χ4v) is 3.52. The Balaban J connectivity index is 1.79. The van der Waals surface area contributed by atoms with Crippen molar-refractivity contribution in [2.45, 2.75) is 38.0 Å². The van der Waals surface area contributed by atoms with Crippen LogP contribution in [0.15, 0.2) is 12.1 Å². The normalized spacial score (nSPS) is 23.4. The molecule has 1 aromatic carbocycles. The molecular formula is C16H22ClNO. The van der Waals surface area contributed by atoms with Crippen LogP contribution in [0, 0.1) is 5.92 Å². The van der Waals surface area contributed by atoms with Crippen LogP contribution in [0.1, 0.15) is 42.7 Å². The van der Waals surface area contributed by atoms with Gasteiger partial charge < -0.3 is 10.1 Å². The summed E-state index contributed by atoms with van der Waals surface area (Å²) in [5, 5.41) is 4.38. The number of methoxy groups -OCH3 is 1. The molecule has 104 valence electrons. The van der Waals surface area contributed by atoms with E-state index in [1.54, 1.807) is 7.11 Å². The van der Waals surface area contributed by atoms with Gasteiger partial charge in [0.15, 0.2) is 0 Å². The molecule has 2 nitrogen and oxygen atoms in total. The molecule has 1 aliphatic heterocycles. The van der Waals surface area contributed by atoms with Gasteiger partial charge in [-0.15, -0.1) is 0 Å². The molecule has 0 aromatic heterocycles. The van der Waals surface area contributed by atoms with Crippen molar-refractivity contribution in [1.29, 1.82) is 0 Å². The average molecular weight is 280 g/mol. The number of benzene rings is 1. The van der Waals surface area contributed by atoms with E-state index >= 15 is 0 Å². The third-order valence-corrected chi connectivity index (χ3v) is 4.59. The highest BCUT2D eigenvalue weighted by molar-refractivity contribution is 6.31. The smallest absolute Gasteiger partial charge is 0.124 e. The fraction of sp³-hybridized carbons (Fsp3) is 0.625. The number of halogens is 1. The van der Waals surface area contributed by atoms with Gasteiger partial charge in [-0.05, 0) is 74.7 Å². The molecular weight excluding hydrogens is 258 g/mol. The maximum atomic E-state index is 6.47. The summed E-state index contributed by atoms with van der Waals surface area (Å²) < 4.78 is 5.56. The van der Waals surface area contributed by atoms with E-state index in [-0.39, 0.29) is 0 Å². The molecule has 1 aromatic rings.